The Morgan fingerprint density at radius 3 is 2.35 bits per heavy atom. The molecule has 0 aliphatic heterocycles. The van der Waals surface area contributed by atoms with Crippen LogP contribution in [0, 0.1) is 6.92 Å². The van der Waals surface area contributed by atoms with E-state index in [1.165, 1.54) is 5.56 Å². The van der Waals surface area contributed by atoms with E-state index in [2.05, 4.69) is 0 Å². The minimum atomic E-state index is -0.783. The summed E-state index contributed by atoms with van der Waals surface area (Å²) in [6.07, 6.45) is -0.783. The number of aryl methyl sites for hydroxylation is 1. The Hall–Kier alpha value is -1.06. The lowest BCUT2D eigenvalue weighted by Gasteiger charge is -2.23. The van der Waals surface area contributed by atoms with Crippen molar-refractivity contribution in [1.29, 1.82) is 0 Å². The molecule has 20 heavy (non-hydrogen) atoms. The van der Waals surface area contributed by atoms with Crippen LogP contribution < -0.4 is 5.73 Å². The van der Waals surface area contributed by atoms with Gasteiger partial charge in [0.05, 0.1) is 16.1 Å². The van der Waals surface area contributed by atoms with Gasteiger partial charge in [0.15, 0.2) is 0 Å². The highest BCUT2D eigenvalue weighted by atomic mass is 35.5. The monoisotopic (exact) mass is 309 g/mol. The molecule has 0 aromatic heterocycles. The van der Waals surface area contributed by atoms with Gasteiger partial charge in [0, 0.05) is 18.0 Å². The van der Waals surface area contributed by atoms with Gasteiger partial charge in [-0.15, -0.1) is 0 Å². The molecule has 0 radical (unpaired) electrons. The second-order valence-electron chi connectivity index (χ2n) is 4.84. The van der Waals surface area contributed by atoms with Crippen LogP contribution in [-0.2, 0) is 0 Å². The molecule has 2 aromatic carbocycles. The predicted octanol–water partition coefficient (Wildman–Crippen LogP) is 4.08. The van der Waals surface area contributed by atoms with Crippen LogP contribution >= 0.6 is 23.2 Å². The SMILES string of the molecule is Cc1ccc(C(CN)C(O)c2cccc(Cl)c2Cl)cc1. The molecule has 3 N–H and O–H groups in total. The minimum absolute atomic E-state index is 0.216. The van der Waals surface area contributed by atoms with Crippen molar-refractivity contribution in [1.82, 2.24) is 0 Å². The van der Waals surface area contributed by atoms with Gasteiger partial charge in [-0.1, -0.05) is 65.2 Å². The summed E-state index contributed by atoms with van der Waals surface area (Å²) >= 11 is 12.2. The Morgan fingerprint density at radius 1 is 1.10 bits per heavy atom. The first kappa shape index (κ1) is 15.3. The van der Waals surface area contributed by atoms with Crippen LogP contribution in [0.3, 0.4) is 0 Å². The number of aliphatic hydroxyl groups is 1. The van der Waals surface area contributed by atoms with Crippen molar-refractivity contribution in [3.05, 3.63) is 69.2 Å². The lowest BCUT2D eigenvalue weighted by atomic mass is 9.89. The fourth-order valence-electron chi connectivity index (χ4n) is 2.23. The molecule has 0 saturated heterocycles. The third-order valence-corrected chi connectivity index (χ3v) is 4.27. The highest BCUT2D eigenvalue weighted by molar-refractivity contribution is 6.42. The van der Waals surface area contributed by atoms with E-state index in [1.807, 2.05) is 31.2 Å². The predicted molar refractivity (Wildman–Crippen MR) is 84.4 cm³/mol. The van der Waals surface area contributed by atoms with Crippen LogP contribution in [0.25, 0.3) is 0 Å². The molecule has 2 atom stereocenters. The summed E-state index contributed by atoms with van der Waals surface area (Å²) in [5, 5.41) is 11.4. The van der Waals surface area contributed by atoms with Gasteiger partial charge in [-0.05, 0) is 18.6 Å². The molecule has 0 saturated carbocycles. The van der Waals surface area contributed by atoms with Crippen LogP contribution in [0.2, 0.25) is 10.0 Å². The summed E-state index contributed by atoms with van der Waals surface area (Å²) in [5.41, 5.74) is 8.59. The minimum Gasteiger partial charge on any atom is -0.388 e. The van der Waals surface area contributed by atoms with Crippen molar-refractivity contribution in [3.8, 4) is 0 Å². The molecule has 2 nitrogen and oxygen atoms in total. The first-order valence-electron chi connectivity index (χ1n) is 6.43. The van der Waals surface area contributed by atoms with Crippen LogP contribution in [0.1, 0.15) is 28.7 Å². The fourth-order valence-corrected chi connectivity index (χ4v) is 2.65. The van der Waals surface area contributed by atoms with Crippen LogP contribution in [0.4, 0.5) is 0 Å². The molecule has 2 unspecified atom stereocenters. The van der Waals surface area contributed by atoms with Crippen molar-refractivity contribution in [2.75, 3.05) is 6.54 Å². The Labute approximate surface area is 129 Å². The lowest BCUT2D eigenvalue weighted by Crippen LogP contribution is -2.20. The van der Waals surface area contributed by atoms with Gasteiger partial charge in [-0.3, -0.25) is 0 Å². The number of hydrogen-bond acceptors (Lipinski definition) is 2. The van der Waals surface area contributed by atoms with Gasteiger partial charge in [0.25, 0.3) is 0 Å². The van der Waals surface area contributed by atoms with Crippen molar-refractivity contribution in [2.45, 2.75) is 18.9 Å². The summed E-state index contributed by atoms with van der Waals surface area (Å²) in [4.78, 5) is 0. The van der Waals surface area contributed by atoms with Gasteiger partial charge in [-0.2, -0.15) is 0 Å². The van der Waals surface area contributed by atoms with Crippen LogP contribution in [0.15, 0.2) is 42.5 Å². The molecule has 0 heterocycles. The molecular formula is C16H17Cl2NO. The molecule has 0 bridgehead atoms. The largest absolute Gasteiger partial charge is 0.388 e. The lowest BCUT2D eigenvalue weighted by molar-refractivity contribution is 0.147. The quantitative estimate of drug-likeness (QED) is 0.894. The average molecular weight is 310 g/mol. The number of aliphatic hydroxyl groups excluding tert-OH is 1. The standard InChI is InChI=1S/C16H17Cl2NO/c1-10-5-7-11(8-6-10)13(9-19)16(20)12-3-2-4-14(17)15(12)18/h2-8,13,16,20H,9,19H2,1H3. The Bertz CT molecular complexity index is 584. The first-order valence-corrected chi connectivity index (χ1v) is 7.18. The number of rotatable bonds is 4. The molecule has 2 aromatic rings. The Balaban J connectivity index is 2.36. The van der Waals surface area contributed by atoms with Gasteiger partial charge in [0.1, 0.15) is 0 Å². The second-order valence-corrected chi connectivity index (χ2v) is 5.63. The molecule has 0 aliphatic carbocycles. The molecule has 0 aliphatic rings. The number of halogens is 2. The van der Waals surface area contributed by atoms with E-state index in [9.17, 15) is 5.11 Å². The maximum Gasteiger partial charge on any atom is 0.0885 e. The normalized spacial score (nSPS) is 14.1. The van der Waals surface area contributed by atoms with Gasteiger partial charge in [-0.25, -0.2) is 0 Å². The fraction of sp³-hybridized carbons (Fsp3) is 0.250. The molecular weight excluding hydrogens is 293 g/mol. The topological polar surface area (TPSA) is 46.2 Å². The highest BCUT2D eigenvalue weighted by Crippen LogP contribution is 2.36. The zero-order chi connectivity index (χ0) is 14.7. The molecule has 0 amide bonds. The number of hydrogen-bond donors (Lipinski definition) is 2. The zero-order valence-corrected chi connectivity index (χ0v) is 12.7. The smallest absolute Gasteiger partial charge is 0.0885 e. The van der Waals surface area contributed by atoms with E-state index >= 15 is 0 Å². The third-order valence-electron chi connectivity index (χ3n) is 3.44. The Kier molecular flexibility index (Phi) is 5.06. The van der Waals surface area contributed by atoms with E-state index in [-0.39, 0.29) is 5.92 Å². The highest BCUT2D eigenvalue weighted by Gasteiger charge is 2.24. The van der Waals surface area contributed by atoms with Crippen molar-refractivity contribution < 1.29 is 5.11 Å². The molecule has 2 rings (SSSR count). The summed E-state index contributed by atoms with van der Waals surface area (Å²) < 4.78 is 0. The van der Waals surface area contributed by atoms with E-state index in [0.717, 1.165) is 5.56 Å². The van der Waals surface area contributed by atoms with E-state index in [4.69, 9.17) is 28.9 Å². The van der Waals surface area contributed by atoms with E-state index in [1.54, 1.807) is 18.2 Å². The molecule has 0 fully saturated rings. The molecule has 106 valence electrons. The van der Waals surface area contributed by atoms with Crippen LogP contribution in [0.5, 0.6) is 0 Å². The molecule has 4 heteroatoms. The van der Waals surface area contributed by atoms with E-state index < -0.39 is 6.10 Å². The summed E-state index contributed by atoms with van der Waals surface area (Å²) in [7, 11) is 0. The van der Waals surface area contributed by atoms with Crippen molar-refractivity contribution in [3.63, 3.8) is 0 Å². The Morgan fingerprint density at radius 2 is 1.75 bits per heavy atom. The third kappa shape index (κ3) is 3.15. The summed E-state index contributed by atoms with van der Waals surface area (Å²) in [5.74, 6) is -0.216. The van der Waals surface area contributed by atoms with Crippen molar-refractivity contribution >= 4 is 23.2 Å². The maximum absolute atomic E-state index is 10.6. The zero-order valence-electron chi connectivity index (χ0n) is 11.2. The number of nitrogens with two attached hydrogens (primary N) is 1. The van der Waals surface area contributed by atoms with Gasteiger partial charge in [0.2, 0.25) is 0 Å². The molecule has 0 spiro atoms. The average Bonchev–Trinajstić information content (AvgIpc) is 2.44. The second kappa shape index (κ2) is 6.59. The van der Waals surface area contributed by atoms with Crippen molar-refractivity contribution in [2.24, 2.45) is 5.73 Å². The van der Waals surface area contributed by atoms with E-state index in [0.29, 0.717) is 22.2 Å². The van der Waals surface area contributed by atoms with Crippen LogP contribution in [-0.4, -0.2) is 11.7 Å². The maximum atomic E-state index is 10.6. The van der Waals surface area contributed by atoms with Gasteiger partial charge >= 0.3 is 0 Å². The summed E-state index contributed by atoms with van der Waals surface area (Å²) in [6.45, 7) is 2.35. The number of benzene rings is 2. The van der Waals surface area contributed by atoms with Gasteiger partial charge < -0.3 is 10.8 Å². The first-order chi connectivity index (χ1) is 9.54. The summed E-state index contributed by atoms with van der Waals surface area (Å²) in [6, 6.07) is 13.2.